The van der Waals surface area contributed by atoms with Crippen LogP contribution in [0.3, 0.4) is 0 Å². The number of benzene rings is 1. The van der Waals surface area contributed by atoms with Crippen LogP contribution < -0.4 is 11.1 Å². The zero-order chi connectivity index (χ0) is 18.8. The number of sulfonamides is 1. The Morgan fingerprint density at radius 3 is 2.50 bits per heavy atom. The molecule has 1 aromatic rings. The largest absolute Gasteiger partial charge is 0.381 e. The van der Waals surface area contributed by atoms with Gasteiger partial charge >= 0.3 is 0 Å². The van der Waals surface area contributed by atoms with Crippen LogP contribution >= 0.6 is 0 Å². The normalized spacial score (nSPS) is 22.1. The molecule has 2 heterocycles. The van der Waals surface area contributed by atoms with E-state index in [9.17, 15) is 13.2 Å². The molecule has 2 aliphatic heterocycles. The number of anilines is 1. The second-order valence-electron chi connectivity index (χ2n) is 6.96. The summed E-state index contributed by atoms with van der Waals surface area (Å²) in [6.45, 7) is 3.22. The predicted octanol–water partition coefficient (Wildman–Crippen LogP) is 0.0691. The first kappa shape index (κ1) is 19.2. The zero-order valence-corrected chi connectivity index (χ0v) is 15.8. The molecule has 0 unspecified atom stereocenters. The molecule has 0 aromatic heterocycles. The van der Waals surface area contributed by atoms with Crippen LogP contribution in [0.2, 0.25) is 0 Å². The standard InChI is InChI=1S/C17H26N4O4S/c1-20-7-9-21(10-8-20)26(23,24)15-4-2-3-14(13-15)19-16(22)17(18)5-11-25-12-6-17/h2-4,13H,5-12,18H2,1H3,(H,19,22). The second-order valence-corrected chi connectivity index (χ2v) is 8.90. The number of ether oxygens (including phenoxy) is 1. The minimum Gasteiger partial charge on any atom is -0.381 e. The van der Waals surface area contributed by atoms with Crippen LogP contribution in [0.4, 0.5) is 5.69 Å². The van der Waals surface area contributed by atoms with Gasteiger partial charge in [0.2, 0.25) is 15.9 Å². The van der Waals surface area contributed by atoms with E-state index in [0.717, 1.165) is 0 Å². The summed E-state index contributed by atoms with van der Waals surface area (Å²) in [6.07, 6.45) is 0.885. The summed E-state index contributed by atoms with van der Waals surface area (Å²) in [5, 5.41) is 2.76. The van der Waals surface area contributed by atoms with Crippen molar-refractivity contribution in [1.82, 2.24) is 9.21 Å². The van der Waals surface area contributed by atoms with E-state index in [4.69, 9.17) is 10.5 Å². The third kappa shape index (κ3) is 4.07. The first-order chi connectivity index (χ1) is 12.3. The van der Waals surface area contributed by atoms with Gasteiger partial charge in [0.1, 0.15) is 5.54 Å². The number of amides is 1. The molecular weight excluding hydrogens is 356 g/mol. The van der Waals surface area contributed by atoms with Crippen molar-refractivity contribution in [3.05, 3.63) is 24.3 Å². The molecule has 8 nitrogen and oxygen atoms in total. The Balaban J connectivity index is 1.74. The molecule has 0 spiro atoms. The Morgan fingerprint density at radius 2 is 1.85 bits per heavy atom. The van der Waals surface area contributed by atoms with Crippen molar-refractivity contribution in [2.45, 2.75) is 23.3 Å². The minimum atomic E-state index is -3.58. The van der Waals surface area contributed by atoms with Crippen molar-refractivity contribution in [3.8, 4) is 0 Å². The van der Waals surface area contributed by atoms with Crippen LogP contribution in [0.5, 0.6) is 0 Å². The second kappa shape index (κ2) is 7.61. The van der Waals surface area contributed by atoms with Gasteiger partial charge in [-0.05, 0) is 38.1 Å². The SMILES string of the molecule is CN1CCN(S(=O)(=O)c2cccc(NC(=O)C3(N)CCOCC3)c2)CC1. The van der Waals surface area contributed by atoms with Crippen molar-refractivity contribution in [2.24, 2.45) is 5.73 Å². The molecule has 2 aliphatic rings. The summed E-state index contributed by atoms with van der Waals surface area (Å²) in [6, 6.07) is 6.35. The maximum absolute atomic E-state index is 12.9. The lowest BCUT2D eigenvalue weighted by molar-refractivity contribution is -0.124. The van der Waals surface area contributed by atoms with Gasteiger partial charge in [0.25, 0.3) is 0 Å². The lowest BCUT2D eigenvalue weighted by atomic mass is 9.90. The van der Waals surface area contributed by atoms with Gasteiger partial charge in [-0.25, -0.2) is 8.42 Å². The van der Waals surface area contributed by atoms with E-state index in [2.05, 4.69) is 10.2 Å². The van der Waals surface area contributed by atoms with Crippen LogP contribution in [0.25, 0.3) is 0 Å². The highest BCUT2D eigenvalue weighted by Crippen LogP contribution is 2.23. The van der Waals surface area contributed by atoms with E-state index in [1.54, 1.807) is 18.2 Å². The quantitative estimate of drug-likeness (QED) is 0.764. The van der Waals surface area contributed by atoms with E-state index in [1.165, 1.54) is 10.4 Å². The lowest BCUT2D eigenvalue weighted by Crippen LogP contribution is -2.54. The molecule has 0 bridgehead atoms. The maximum atomic E-state index is 12.9. The molecule has 0 aliphatic carbocycles. The highest BCUT2D eigenvalue weighted by Gasteiger charge is 2.36. The highest BCUT2D eigenvalue weighted by atomic mass is 32.2. The summed E-state index contributed by atoms with van der Waals surface area (Å²) in [4.78, 5) is 14.8. The molecule has 3 rings (SSSR count). The summed E-state index contributed by atoms with van der Waals surface area (Å²) in [5.74, 6) is -0.310. The van der Waals surface area contributed by atoms with Gasteiger partial charge < -0.3 is 20.7 Å². The van der Waals surface area contributed by atoms with Crippen molar-refractivity contribution in [3.63, 3.8) is 0 Å². The highest BCUT2D eigenvalue weighted by molar-refractivity contribution is 7.89. The van der Waals surface area contributed by atoms with Gasteiger partial charge in [0.15, 0.2) is 0 Å². The number of nitrogens with two attached hydrogens (primary N) is 1. The van der Waals surface area contributed by atoms with Gasteiger partial charge in [-0.15, -0.1) is 0 Å². The van der Waals surface area contributed by atoms with E-state index in [-0.39, 0.29) is 10.8 Å². The van der Waals surface area contributed by atoms with Crippen molar-refractivity contribution in [1.29, 1.82) is 0 Å². The number of carbonyl (C=O) groups is 1. The lowest BCUT2D eigenvalue weighted by Gasteiger charge is -2.32. The van der Waals surface area contributed by atoms with Crippen LogP contribution in [-0.4, -0.2) is 75.5 Å². The molecule has 0 saturated carbocycles. The number of nitrogens with one attached hydrogen (secondary N) is 1. The average molecular weight is 382 g/mol. The van der Waals surface area contributed by atoms with Gasteiger partial charge in [-0.1, -0.05) is 6.07 Å². The number of carbonyl (C=O) groups excluding carboxylic acids is 1. The molecule has 2 fully saturated rings. The zero-order valence-electron chi connectivity index (χ0n) is 15.0. The molecule has 0 radical (unpaired) electrons. The van der Waals surface area contributed by atoms with E-state index in [1.807, 2.05) is 7.05 Å². The number of hydrogen-bond acceptors (Lipinski definition) is 6. The monoisotopic (exact) mass is 382 g/mol. The topological polar surface area (TPSA) is 105 Å². The summed E-state index contributed by atoms with van der Waals surface area (Å²) < 4.78 is 32.4. The number of hydrogen-bond donors (Lipinski definition) is 2. The Labute approximate surface area is 154 Å². The molecule has 26 heavy (non-hydrogen) atoms. The van der Waals surface area contributed by atoms with Crippen molar-refractivity contribution < 1.29 is 17.9 Å². The smallest absolute Gasteiger partial charge is 0.244 e. The molecule has 2 saturated heterocycles. The molecule has 144 valence electrons. The first-order valence-electron chi connectivity index (χ1n) is 8.78. The molecule has 0 atom stereocenters. The van der Waals surface area contributed by atoms with E-state index >= 15 is 0 Å². The summed E-state index contributed by atoms with van der Waals surface area (Å²) in [7, 11) is -1.61. The van der Waals surface area contributed by atoms with Gasteiger partial charge in [-0.2, -0.15) is 4.31 Å². The number of rotatable bonds is 4. The molecular formula is C17H26N4O4S. The van der Waals surface area contributed by atoms with Gasteiger partial charge in [0, 0.05) is 45.1 Å². The fourth-order valence-electron chi connectivity index (χ4n) is 3.13. The van der Waals surface area contributed by atoms with Crippen molar-refractivity contribution >= 4 is 21.6 Å². The fraction of sp³-hybridized carbons (Fsp3) is 0.588. The minimum absolute atomic E-state index is 0.179. The number of nitrogens with zero attached hydrogens (tertiary/aromatic N) is 2. The Kier molecular flexibility index (Phi) is 5.64. The van der Waals surface area contributed by atoms with Crippen molar-refractivity contribution in [2.75, 3.05) is 51.8 Å². The number of piperazine rings is 1. The Hall–Kier alpha value is -1.52. The molecule has 3 N–H and O–H groups in total. The first-order valence-corrected chi connectivity index (χ1v) is 10.2. The third-order valence-corrected chi connectivity index (χ3v) is 6.92. The van der Waals surface area contributed by atoms with Crippen LogP contribution in [0.1, 0.15) is 12.8 Å². The summed E-state index contributed by atoms with van der Waals surface area (Å²) >= 11 is 0. The van der Waals surface area contributed by atoms with Crippen LogP contribution in [0.15, 0.2) is 29.2 Å². The predicted molar refractivity (Wildman–Crippen MR) is 98.3 cm³/mol. The maximum Gasteiger partial charge on any atom is 0.244 e. The third-order valence-electron chi connectivity index (χ3n) is 5.03. The average Bonchev–Trinajstić information content (AvgIpc) is 2.63. The van der Waals surface area contributed by atoms with Gasteiger partial charge in [0.05, 0.1) is 4.90 Å². The van der Waals surface area contributed by atoms with E-state index < -0.39 is 15.6 Å². The Bertz CT molecular complexity index is 754. The van der Waals surface area contributed by atoms with Gasteiger partial charge in [-0.3, -0.25) is 4.79 Å². The fourth-order valence-corrected chi connectivity index (χ4v) is 4.60. The summed E-state index contributed by atoms with van der Waals surface area (Å²) in [5.41, 5.74) is 5.63. The molecule has 1 aromatic carbocycles. The van der Waals surface area contributed by atoms with Crippen LogP contribution in [0, 0.1) is 0 Å². The Morgan fingerprint density at radius 1 is 1.19 bits per heavy atom. The number of likely N-dealkylation sites (N-methyl/N-ethyl adjacent to an activating group) is 1. The van der Waals surface area contributed by atoms with Crippen LogP contribution in [-0.2, 0) is 19.6 Å². The molecule has 9 heteroatoms. The molecule has 1 amide bonds. The van der Waals surface area contributed by atoms with E-state index in [0.29, 0.717) is 57.9 Å².